The second kappa shape index (κ2) is 13.3. The number of aryl methyl sites for hydroxylation is 1. The molecule has 45 heavy (non-hydrogen) atoms. The first kappa shape index (κ1) is 34.1. The number of ketones is 1. The molecule has 3 aromatic rings. The topological polar surface area (TPSA) is 87.2 Å². The Balaban J connectivity index is 1.46. The van der Waals surface area contributed by atoms with Gasteiger partial charge in [0.25, 0.3) is 0 Å². The number of hydrogen-bond acceptors (Lipinski definition) is 4. The number of allylic oxidation sites excluding steroid dienone is 1. The van der Waals surface area contributed by atoms with Gasteiger partial charge in [-0.15, -0.1) is 0 Å². The molecule has 6 heteroatoms. The largest absolute Gasteiger partial charge is 0.347 e. The minimum Gasteiger partial charge on any atom is -0.347 e. The van der Waals surface area contributed by atoms with Crippen LogP contribution in [0.25, 0.3) is 28.0 Å². The molecule has 2 N–H and O–H groups in total. The predicted molar refractivity (Wildman–Crippen MR) is 187 cm³/mol. The number of imidazole rings is 1. The number of benzene rings is 2. The monoisotopic (exact) mass is 608 g/mol. The number of amides is 1. The van der Waals surface area contributed by atoms with Crippen LogP contribution in [0, 0.1) is 29.6 Å². The molecular weight excluding hydrogens is 556 g/mol. The Kier molecular flexibility index (Phi) is 10.1. The summed E-state index contributed by atoms with van der Waals surface area (Å²) < 4.78 is 0. The molecule has 0 spiro atoms. The number of aromatic nitrogens is 2. The lowest BCUT2D eigenvalue weighted by Gasteiger charge is -2.27. The van der Waals surface area contributed by atoms with Crippen LogP contribution in [-0.2, 0) is 9.59 Å². The number of nitrogens with one attached hydrogen (secondary N) is 2. The van der Waals surface area contributed by atoms with Crippen LogP contribution >= 0.6 is 0 Å². The molecule has 2 heterocycles. The van der Waals surface area contributed by atoms with Gasteiger partial charge in [-0.3, -0.25) is 14.6 Å². The van der Waals surface area contributed by atoms with Gasteiger partial charge in [0.05, 0.1) is 17.9 Å². The molecule has 240 valence electrons. The third-order valence-electron chi connectivity index (χ3n) is 8.85. The molecule has 0 radical (unpaired) electrons. The van der Waals surface area contributed by atoms with Crippen molar-refractivity contribution in [2.75, 3.05) is 0 Å². The lowest BCUT2D eigenvalue weighted by molar-refractivity contribution is -0.129. The van der Waals surface area contributed by atoms with E-state index in [4.69, 9.17) is 9.98 Å². The van der Waals surface area contributed by atoms with E-state index < -0.39 is 5.41 Å². The number of H-pyrrole nitrogens is 1. The molecule has 1 amide bonds. The van der Waals surface area contributed by atoms with Crippen LogP contribution < -0.4 is 5.32 Å². The quantitative estimate of drug-likeness (QED) is 0.241. The van der Waals surface area contributed by atoms with Gasteiger partial charge < -0.3 is 10.3 Å². The van der Waals surface area contributed by atoms with E-state index in [0.29, 0.717) is 12.3 Å². The molecule has 0 unspecified atom stereocenters. The molecule has 1 aliphatic heterocycles. The van der Waals surface area contributed by atoms with Gasteiger partial charge in [-0.25, -0.2) is 4.98 Å². The maximum absolute atomic E-state index is 12.8. The van der Waals surface area contributed by atoms with Crippen molar-refractivity contribution >= 4 is 23.0 Å². The highest BCUT2D eigenvalue weighted by Gasteiger charge is 2.31. The Morgan fingerprint density at radius 3 is 2.04 bits per heavy atom. The number of nitrogens with zero attached hydrogens (tertiary/aromatic N) is 2. The number of Topliss-reactive ketones (excluding diaryl/α,β-unsaturated/α-hetero) is 1. The summed E-state index contributed by atoms with van der Waals surface area (Å²) in [4.78, 5) is 38.5. The molecule has 0 saturated carbocycles. The first-order chi connectivity index (χ1) is 21.0. The summed E-state index contributed by atoms with van der Waals surface area (Å²) in [6.45, 7) is 22.5. The number of carbonyl (C=O) groups is 2. The van der Waals surface area contributed by atoms with Crippen LogP contribution in [0.3, 0.4) is 0 Å². The van der Waals surface area contributed by atoms with Gasteiger partial charge >= 0.3 is 0 Å². The predicted octanol–water partition coefficient (Wildman–Crippen LogP) is 9.17. The Bertz CT molecular complexity index is 1590. The lowest BCUT2D eigenvalue weighted by atomic mass is 9.81. The van der Waals surface area contributed by atoms with Gasteiger partial charge in [-0.2, -0.15) is 0 Å². The summed E-state index contributed by atoms with van der Waals surface area (Å²) in [6.07, 6.45) is 5.06. The zero-order chi connectivity index (χ0) is 33.3. The second-order valence-electron chi connectivity index (χ2n) is 15.4. The Hall–Kier alpha value is -3.80. The van der Waals surface area contributed by atoms with Gasteiger partial charge in [0, 0.05) is 41.5 Å². The summed E-state index contributed by atoms with van der Waals surface area (Å²) in [6, 6.07) is 15.0. The fraction of sp³-hybridized carbons (Fsp3) is 0.487. The molecule has 0 saturated heterocycles. The number of aromatic amines is 1. The number of hydrogen-bond donors (Lipinski definition) is 2. The third kappa shape index (κ3) is 8.08. The van der Waals surface area contributed by atoms with Crippen molar-refractivity contribution in [3.63, 3.8) is 0 Å². The van der Waals surface area contributed by atoms with Crippen LogP contribution in [0.2, 0.25) is 0 Å². The molecule has 2 atom stereocenters. The van der Waals surface area contributed by atoms with Crippen molar-refractivity contribution in [2.24, 2.45) is 27.7 Å². The van der Waals surface area contributed by atoms with E-state index in [1.54, 1.807) is 0 Å². The van der Waals surface area contributed by atoms with Gasteiger partial charge in [0.2, 0.25) is 5.91 Å². The van der Waals surface area contributed by atoms with Gasteiger partial charge in [-0.1, -0.05) is 112 Å². The summed E-state index contributed by atoms with van der Waals surface area (Å²) in [5, 5.41) is 3.23. The summed E-state index contributed by atoms with van der Waals surface area (Å²) >= 11 is 0. The maximum atomic E-state index is 12.8. The van der Waals surface area contributed by atoms with Crippen molar-refractivity contribution in [3.8, 4) is 22.4 Å². The number of aliphatic imine (C=N–C) groups is 1. The average molecular weight is 609 g/mol. The highest BCUT2D eigenvalue weighted by molar-refractivity contribution is 6.03. The van der Waals surface area contributed by atoms with E-state index in [2.05, 4.69) is 87.4 Å². The summed E-state index contributed by atoms with van der Waals surface area (Å²) in [7, 11) is 0. The summed E-state index contributed by atoms with van der Waals surface area (Å²) in [5.74, 6) is 1.78. The molecular formula is C39H52N4O2. The summed E-state index contributed by atoms with van der Waals surface area (Å²) in [5.41, 5.74) is 8.10. The van der Waals surface area contributed by atoms with E-state index >= 15 is 0 Å². The average Bonchev–Trinajstić information content (AvgIpc) is 3.63. The van der Waals surface area contributed by atoms with Crippen molar-refractivity contribution in [2.45, 2.75) is 101 Å². The molecule has 6 nitrogen and oxygen atoms in total. The minimum atomic E-state index is -0.446. The molecule has 0 aliphatic carbocycles. The zero-order valence-corrected chi connectivity index (χ0v) is 29.1. The van der Waals surface area contributed by atoms with Crippen molar-refractivity contribution < 1.29 is 9.59 Å². The number of rotatable bonds is 10. The highest BCUT2D eigenvalue weighted by Crippen LogP contribution is 2.34. The van der Waals surface area contributed by atoms with E-state index in [9.17, 15) is 9.59 Å². The normalized spacial score (nSPS) is 15.2. The fourth-order valence-electron chi connectivity index (χ4n) is 5.67. The first-order valence-corrected chi connectivity index (χ1v) is 16.3. The standard InChI is InChI=1S/C39H52N4O2/c1-23(2)31(20-34(44)38(6,7)8)36-41-22-33(42-36)27-14-12-26(13-15-27)28-16-17-30(25(5)18-28)29-19-32(40-21-29)35(24(3)4)43-37(45)39(9,10)11/h12-18,21-24,31,35H,19-20H2,1-11H3,(H,41,42)(H,43,45)/t31-,35-/m0/s1. The maximum Gasteiger partial charge on any atom is 0.225 e. The second-order valence-corrected chi connectivity index (χ2v) is 15.4. The van der Waals surface area contributed by atoms with E-state index in [1.165, 1.54) is 16.7 Å². The molecule has 0 fully saturated rings. The van der Waals surface area contributed by atoms with Crippen LogP contribution in [-0.4, -0.2) is 33.4 Å². The van der Waals surface area contributed by atoms with Crippen LogP contribution in [0.15, 0.2) is 59.9 Å². The lowest BCUT2D eigenvalue weighted by Crippen LogP contribution is -2.48. The van der Waals surface area contributed by atoms with Crippen molar-refractivity contribution in [1.29, 1.82) is 0 Å². The van der Waals surface area contributed by atoms with Crippen molar-refractivity contribution in [1.82, 2.24) is 15.3 Å². The molecule has 0 bridgehead atoms. The molecule has 1 aromatic heterocycles. The molecule has 2 aromatic carbocycles. The Morgan fingerprint density at radius 1 is 0.867 bits per heavy atom. The van der Waals surface area contributed by atoms with Crippen LogP contribution in [0.1, 0.15) is 105 Å². The van der Waals surface area contributed by atoms with Crippen LogP contribution in [0.5, 0.6) is 0 Å². The van der Waals surface area contributed by atoms with E-state index in [0.717, 1.165) is 40.3 Å². The Morgan fingerprint density at radius 2 is 1.49 bits per heavy atom. The van der Waals surface area contributed by atoms with E-state index in [-0.39, 0.29) is 35.0 Å². The van der Waals surface area contributed by atoms with Gasteiger partial charge in [-0.05, 0) is 52.1 Å². The van der Waals surface area contributed by atoms with Gasteiger partial charge in [0.15, 0.2) is 0 Å². The SMILES string of the molecule is Cc1cc(-c2ccc(-c3cnc([C@@H](CC(=O)C(C)(C)C)C(C)C)[nH]3)cc2)ccc1C1=CN=C([C@@H](NC(=O)C(C)(C)C)C(C)C)C1. The third-order valence-corrected chi connectivity index (χ3v) is 8.85. The molecule has 4 rings (SSSR count). The van der Waals surface area contributed by atoms with E-state index in [1.807, 2.05) is 53.9 Å². The Labute approximate surface area is 270 Å². The van der Waals surface area contributed by atoms with Gasteiger partial charge in [0.1, 0.15) is 11.6 Å². The molecule has 1 aliphatic rings. The van der Waals surface area contributed by atoms with Crippen LogP contribution in [0.4, 0.5) is 0 Å². The zero-order valence-electron chi connectivity index (χ0n) is 29.1. The number of carbonyl (C=O) groups excluding carboxylic acids is 2. The van der Waals surface area contributed by atoms with Crippen molar-refractivity contribution in [3.05, 3.63) is 71.8 Å². The fourth-order valence-corrected chi connectivity index (χ4v) is 5.67. The first-order valence-electron chi connectivity index (χ1n) is 16.3. The smallest absolute Gasteiger partial charge is 0.225 e. The minimum absolute atomic E-state index is 0.0456. The highest BCUT2D eigenvalue weighted by atomic mass is 16.2.